The molecule has 0 atom stereocenters. The molecule has 0 bridgehead atoms. The van der Waals surface area contributed by atoms with Gasteiger partial charge in [-0.2, -0.15) is 0 Å². The van der Waals surface area contributed by atoms with Crippen LogP contribution in [0.2, 0.25) is 0 Å². The molecule has 0 radical (unpaired) electrons. The third kappa shape index (κ3) is 4.65. The van der Waals surface area contributed by atoms with E-state index in [4.69, 9.17) is 5.73 Å². The first kappa shape index (κ1) is 16.2. The van der Waals surface area contributed by atoms with E-state index in [0.29, 0.717) is 12.5 Å². The SMILES string of the molecule is CC(C)(C)NC(N)=NCc1csc2ccccc12.I. The van der Waals surface area contributed by atoms with Crippen LogP contribution >= 0.6 is 35.3 Å². The van der Waals surface area contributed by atoms with Crippen LogP contribution in [0.3, 0.4) is 0 Å². The van der Waals surface area contributed by atoms with Crippen molar-refractivity contribution in [2.75, 3.05) is 0 Å². The van der Waals surface area contributed by atoms with Crippen LogP contribution in [-0.4, -0.2) is 11.5 Å². The molecule has 5 heteroatoms. The van der Waals surface area contributed by atoms with Crippen molar-refractivity contribution in [2.24, 2.45) is 10.7 Å². The van der Waals surface area contributed by atoms with Gasteiger partial charge in [-0.3, -0.25) is 0 Å². The normalized spacial score (nSPS) is 12.3. The molecule has 0 aliphatic heterocycles. The van der Waals surface area contributed by atoms with E-state index >= 15 is 0 Å². The highest BCUT2D eigenvalue weighted by Gasteiger charge is 2.10. The highest BCUT2D eigenvalue weighted by Crippen LogP contribution is 2.25. The Hall–Kier alpha value is -0.820. The number of hydrogen-bond acceptors (Lipinski definition) is 2. The molecule has 0 aliphatic rings. The van der Waals surface area contributed by atoms with Gasteiger partial charge in [0.05, 0.1) is 6.54 Å². The Morgan fingerprint density at radius 3 is 2.68 bits per heavy atom. The molecule has 2 rings (SSSR count). The predicted molar refractivity (Wildman–Crippen MR) is 95.5 cm³/mol. The highest BCUT2D eigenvalue weighted by molar-refractivity contribution is 14.0. The molecular formula is C14H20IN3S. The number of benzene rings is 1. The molecule has 0 amide bonds. The van der Waals surface area contributed by atoms with Crippen molar-refractivity contribution in [3.8, 4) is 0 Å². The second-order valence-electron chi connectivity index (χ2n) is 5.33. The van der Waals surface area contributed by atoms with Crippen LogP contribution in [0.4, 0.5) is 0 Å². The summed E-state index contributed by atoms with van der Waals surface area (Å²) in [6.45, 7) is 6.82. The minimum Gasteiger partial charge on any atom is -0.370 e. The number of aliphatic imine (C=N–C) groups is 1. The molecule has 0 aliphatic carbocycles. The summed E-state index contributed by atoms with van der Waals surface area (Å²) in [7, 11) is 0. The van der Waals surface area contributed by atoms with Gasteiger partial charge < -0.3 is 11.1 Å². The van der Waals surface area contributed by atoms with Crippen LogP contribution in [-0.2, 0) is 6.54 Å². The Bertz CT molecular complexity index is 569. The minimum atomic E-state index is -0.0513. The van der Waals surface area contributed by atoms with Gasteiger partial charge in [-0.1, -0.05) is 18.2 Å². The number of rotatable bonds is 2. The van der Waals surface area contributed by atoms with Crippen molar-refractivity contribution in [3.05, 3.63) is 35.2 Å². The smallest absolute Gasteiger partial charge is 0.189 e. The third-order valence-electron chi connectivity index (χ3n) is 2.48. The first-order valence-corrected chi connectivity index (χ1v) is 6.87. The maximum Gasteiger partial charge on any atom is 0.189 e. The molecule has 104 valence electrons. The van der Waals surface area contributed by atoms with Gasteiger partial charge in [0.1, 0.15) is 0 Å². The monoisotopic (exact) mass is 389 g/mol. The van der Waals surface area contributed by atoms with Crippen molar-refractivity contribution in [1.29, 1.82) is 0 Å². The average Bonchev–Trinajstić information content (AvgIpc) is 2.67. The molecule has 19 heavy (non-hydrogen) atoms. The predicted octanol–water partition coefficient (Wildman–Crippen LogP) is 3.72. The Labute approximate surface area is 135 Å². The lowest BCUT2D eigenvalue weighted by molar-refractivity contribution is 0.508. The summed E-state index contributed by atoms with van der Waals surface area (Å²) >= 11 is 1.75. The fourth-order valence-electron chi connectivity index (χ4n) is 1.75. The molecule has 1 aromatic heterocycles. The molecule has 0 spiro atoms. The third-order valence-corrected chi connectivity index (χ3v) is 3.50. The van der Waals surface area contributed by atoms with Crippen molar-refractivity contribution >= 4 is 51.4 Å². The summed E-state index contributed by atoms with van der Waals surface area (Å²) in [5.41, 5.74) is 7.04. The van der Waals surface area contributed by atoms with Crippen LogP contribution in [0.5, 0.6) is 0 Å². The van der Waals surface area contributed by atoms with Gasteiger partial charge in [0.15, 0.2) is 5.96 Å². The number of nitrogens with one attached hydrogen (secondary N) is 1. The molecule has 0 unspecified atom stereocenters. The van der Waals surface area contributed by atoms with E-state index in [1.807, 2.05) is 0 Å². The Morgan fingerprint density at radius 1 is 1.32 bits per heavy atom. The Morgan fingerprint density at radius 2 is 2.00 bits per heavy atom. The van der Waals surface area contributed by atoms with E-state index in [9.17, 15) is 0 Å². The van der Waals surface area contributed by atoms with Crippen LogP contribution in [0.25, 0.3) is 10.1 Å². The number of nitrogens with zero attached hydrogens (tertiary/aromatic N) is 1. The second-order valence-corrected chi connectivity index (χ2v) is 6.24. The van der Waals surface area contributed by atoms with E-state index in [2.05, 4.69) is 60.7 Å². The maximum atomic E-state index is 5.86. The zero-order chi connectivity index (χ0) is 13.2. The van der Waals surface area contributed by atoms with Gasteiger partial charge in [-0.25, -0.2) is 4.99 Å². The fourth-order valence-corrected chi connectivity index (χ4v) is 2.70. The molecule has 3 nitrogen and oxygen atoms in total. The van der Waals surface area contributed by atoms with E-state index in [1.54, 1.807) is 11.3 Å². The quantitative estimate of drug-likeness (QED) is 0.467. The number of nitrogens with two attached hydrogens (primary N) is 1. The van der Waals surface area contributed by atoms with Crippen molar-refractivity contribution in [2.45, 2.75) is 32.9 Å². The topological polar surface area (TPSA) is 50.4 Å². The number of halogens is 1. The molecule has 0 saturated carbocycles. The molecule has 1 aromatic carbocycles. The fraction of sp³-hybridized carbons (Fsp3) is 0.357. The number of fused-ring (bicyclic) bond motifs is 1. The summed E-state index contributed by atoms with van der Waals surface area (Å²) in [6.07, 6.45) is 0. The lowest BCUT2D eigenvalue weighted by Gasteiger charge is -2.20. The van der Waals surface area contributed by atoms with Gasteiger partial charge in [-0.15, -0.1) is 35.3 Å². The average molecular weight is 389 g/mol. The highest BCUT2D eigenvalue weighted by atomic mass is 127. The maximum absolute atomic E-state index is 5.86. The van der Waals surface area contributed by atoms with Gasteiger partial charge >= 0.3 is 0 Å². The van der Waals surface area contributed by atoms with E-state index in [1.165, 1.54) is 15.6 Å². The Kier molecular flexibility index (Phi) is 5.61. The summed E-state index contributed by atoms with van der Waals surface area (Å²) in [4.78, 5) is 4.39. The first-order valence-electron chi connectivity index (χ1n) is 5.99. The molecule has 2 aromatic rings. The summed E-state index contributed by atoms with van der Waals surface area (Å²) in [5, 5.41) is 6.59. The van der Waals surface area contributed by atoms with Crippen LogP contribution in [0.15, 0.2) is 34.6 Å². The Balaban J connectivity index is 0.00000180. The minimum absolute atomic E-state index is 0. The van der Waals surface area contributed by atoms with Crippen LogP contribution in [0.1, 0.15) is 26.3 Å². The number of thiophene rings is 1. The molecule has 3 N–H and O–H groups in total. The largest absolute Gasteiger partial charge is 0.370 e. The molecular weight excluding hydrogens is 369 g/mol. The lowest BCUT2D eigenvalue weighted by Crippen LogP contribution is -2.44. The van der Waals surface area contributed by atoms with Gasteiger partial charge in [0.25, 0.3) is 0 Å². The van der Waals surface area contributed by atoms with Gasteiger partial charge in [-0.05, 0) is 43.2 Å². The lowest BCUT2D eigenvalue weighted by atomic mass is 10.1. The summed E-state index contributed by atoms with van der Waals surface area (Å²) in [6, 6.07) is 8.37. The summed E-state index contributed by atoms with van der Waals surface area (Å²) in [5.74, 6) is 0.498. The van der Waals surface area contributed by atoms with Crippen LogP contribution in [0, 0.1) is 0 Å². The van der Waals surface area contributed by atoms with E-state index < -0.39 is 0 Å². The van der Waals surface area contributed by atoms with Crippen molar-refractivity contribution in [1.82, 2.24) is 5.32 Å². The number of guanidine groups is 1. The summed E-state index contributed by atoms with van der Waals surface area (Å²) < 4.78 is 1.30. The second kappa shape index (κ2) is 6.56. The molecule has 1 heterocycles. The zero-order valence-electron chi connectivity index (χ0n) is 11.4. The van der Waals surface area contributed by atoms with E-state index in [-0.39, 0.29) is 29.5 Å². The van der Waals surface area contributed by atoms with Gasteiger partial charge in [0.2, 0.25) is 0 Å². The zero-order valence-corrected chi connectivity index (χ0v) is 14.6. The van der Waals surface area contributed by atoms with Crippen molar-refractivity contribution < 1.29 is 0 Å². The van der Waals surface area contributed by atoms with E-state index in [0.717, 1.165) is 0 Å². The van der Waals surface area contributed by atoms with Gasteiger partial charge in [0, 0.05) is 10.2 Å². The molecule has 0 saturated heterocycles. The first-order chi connectivity index (χ1) is 8.46. The molecule has 0 fully saturated rings. The number of hydrogen-bond donors (Lipinski definition) is 2. The standard InChI is InChI=1S/C14H19N3S.HI/c1-14(2,3)17-13(15)16-8-10-9-18-12-7-5-4-6-11(10)12;/h4-7,9H,8H2,1-3H3,(H3,15,16,17);1H. The van der Waals surface area contributed by atoms with Crippen LogP contribution < -0.4 is 11.1 Å². The van der Waals surface area contributed by atoms with Crippen molar-refractivity contribution in [3.63, 3.8) is 0 Å².